The molecule has 1 aromatic rings. The lowest BCUT2D eigenvalue weighted by molar-refractivity contribution is -0.132. The molecule has 2 aliphatic rings. The summed E-state index contributed by atoms with van der Waals surface area (Å²) < 4.78 is 0. The average molecular weight is 315 g/mol. The maximum absolute atomic E-state index is 12.4. The van der Waals surface area contributed by atoms with Crippen LogP contribution < -0.4 is 5.32 Å². The fourth-order valence-electron chi connectivity index (χ4n) is 3.37. The number of carbonyl (C=O) groups excluding carboxylic acids is 2. The Kier molecular flexibility index (Phi) is 5.28. The van der Waals surface area contributed by atoms with Crippen molar-refractivity contribution in [3.05, 3.63) is 35.9 Å². The minimum Gasteiger partial charge on any atom is -0.339 e. The molecular weight excluding hydrogens is 290 g/mol. The number of benzene rings is 1. The van der Waals surface area contributed by atoms with E-state index in [-0.39, 0.29) is 11.8 Å². The Morgan fingerprint density at radius 1 is 1.04 bits per heavy atom. The molecule has 1 aromatic carbocycles. The topological polar surface area (TPSA) is 52.7 Å². The van der Waals surface area contributed by atoms with E-state index < -0.39 is 0 Å². The summed E-state index contributed by atoms with van der Waals surface area (Å²) in [4.78, 5) is 28.5. The largest absolute Gasteiger partial charge is 0.339 e. The molecule has 2 aliphatic heterocycles. The molecule has 0 aliphatic carbocycles. The number of rotatable bonds is 4. The quantitative estimate of drug-likeness (QED) is 0.913. The van der Waals surface area contributed by atoms with Crippen molar-refractivity contribution in [1.82, 2.24) is 15.1 Å². The third-order valence-corrected chi connectivity index (χ3v) is 4.87. The average Bonchev–Trinajstić information content (AvgIpc) is 3.13. The number of nitrogens with zero attached hydrogens (tertiary/aromatic N) is 2. The lowest BCUT2D eigenvalue weighted by Crippen LogP contribution is -2.50. The molecule has 0 bridgehead atoms. The standard InChI is InChI=1S/C18H25N3O2/c22-17(7-6-15-8-9-19-14-15)20-10-12-21(13-11-20)18(23)16-4-2-1-3-5-16/h1-5,15,19H,6-14H2. The molecule has 1 atom stereocenters. The number of carbonyl (C=O) groups is 2. The second kappa shape index (κ2) is 7.59. The van der Waals surface area contributed by atoms with Crippen LogP contribution in [0.1, 0.15) is 29.6 Å². The molecule has 5 nitrogen and oxygen atoms in total. The first-order valence-electron chi connectivity index (χ1n) is 8.57. The number of amides is 2. The normalized spacial score (nSPS) is 21.5. The zero-order chi connectivity index (χ0) is 16.1. The highest BCUT2D eigenvalue weighted by Crippen LogP contribution is 2.16. The van der Waals surface area contributed by atoms with Crippen molar-refractivity contribution < 1.29 is 9.59 Å². The van der Waals surface area contributed by atoms with E-state index in [4.69, 9.17) is 0 Å². The first-order chi connectivity index (χ1) is 11.2. The summed E-state index contributed by atoms with van der Waals surface area (Å²) in [5.74, 6) is 0.957. The smallest absolute Gasteiger partial charge is 0.253 e. The summed E-state index contributed by atoms with van der Waals surface area (Å²) >= 11 is 0. The van der Waals surface area contributed by atoms with Gasteiger partial charge in [0.05, 0.1) is 0 Å². The van der Waals surface area contributed by atoms with Gasteiger partial charge < -0.3 is 15.1 Å². The van der Waals surface area contributed by atoms with Crippen LogP contribution in [0.15, 0.2) is 30.3 Å². The highest BCUT2D eigenvalue weighted by atomic mass is 16.2. The molecule has 2 amide bonds. The summed E-state index contributed by atoms with van der Waals surface area (Å²) in [5.41, 5.74) is 0.723. The van der Waals surface area contributed by atoms with Crippen molar-refractivity contribution >= 4 is 11.8 Å². The predicted molar refractivity (Wildman–Crippen MR) is 89.1 cm³/mol. The van der Waals surface area contributed by atoms with Gasteiger partial charge in [-0.05, 0) is 44.0 Å². The minimum absolute atomic E-state index is 0.0646. The highest BCUT2D eigenvalue weighted by molar-refractivity contribution is 5.94. The molecule has 3 rings (SSSR count). The molecular formula is C18H25N3O2. The molecule has 2 fully saturated rings. The van der Waals surface area contributed by atoms with Crippen LogP contribution in [0.5, 0.6) is 0 Å². The summed E-state index contributed by atoms with van der Waals surface area (Å²) in [6.07, 6.45) is 2.81. The van der Waals surface area contributed by atoms with Gasteiger partial charge in [0.15, 0.2) is 0 Å². The minimum atomic E-state index is 0.0646. The van der Waals surface area contributed by atoms with Gasteiger partial charge >= 0.3 is 0 Å². The van der Waals surface area contributed by atoms with Crippen LogP contribution in [0.4, 0.5) is 0 Å². The van der Waals surface area contributed by atoms with Crippen molar-refractivity contribution in [2.24, 2.45) is 5.92 Å². The Morgan fingerprint density at radius 3 is 2.39 bits per heavy atom. The molecule has 124 valence electrons. The Balaban J connectivity index is 1.44. The van der Waals surface area contributed by atoms with Gasteiger partial charge in [-0.1, -0.05) is 18.2 Å². The Hall–Kier alpha value is -1.88. The fraction of sp³-hybridized carbons (Fsp3) is 0.556. The van der Waals surface area contributed by atoms with Gasteiger partial charge in [0.1, 0.15) is 0 Å². The van der Waals surface area contributed by atoms with Crippen LogP contribution in [-0.4, -0.2) is 60.9 Å². The van der Waals surface area contributed by atoms with Crippen molar-refractivity contribution in [2.75, 3.05) is 39.3 Å². The van der Waals surface area contributed by atoms with Crippen molar-refractivity contribution in [1.29, 1.82) is 0 Å². The molecule has 2 saturated heterocycles. The van der Waals surface area contributed by atoms with Gasteiger partial charge in [0, 0.05) is 38.2 Å². The first-order valence-corrected chi connectivity index (χ1v) is 8.57. The van der Waals surface area contributed by atoms with E-state index in [2.05, 4.69) is 5.32 Å². The Bertz CT molecular complexity index is 532. The molecule has 2 heterocycles. The molecule has 5 heteroatoms. The van der Waals surface area contributed by atoms with Crippen molar-refractivity contribution in [3.8, 4) is 0 Å². The molecule has 23 heavy (non-hydrogen) atoms. The summed E-state index contributed by atoms with van der Waals surface area (Å²) in [6, 6.07) is 9.36. The van der Waals surface area contributed by atoms with Gasteiger partial charge in [-0.2, -0.15) is 0 Å². The molecule has 0 radical (unpaired) electrons. The maximum Gasteiger partial charge on any atom is 0.253 e. The summed E-state index contributed by atoms with van der Waals surface area (Å²) in [6.45, 7) is 4.70. The Labute approximate surface area is 137 Å². The predicted octanol–water partition coefficient (Wildman–Crippen LogP) is 1.36. The summed E-state index contributed by atoms with van der Waals surface area (Å²) in [5, 5.41) is 3.34. The van der Waals surface area contributed by atoms with Crippen molar-refractivity contribution in [3.63, 3.8) is 0 Å². The van der Waals surface area contributed by atoms with E-state index >= 15 is 0 Å². The summed E-state index contributed by atoms with van der Waals surface area (Å²) in [7, 11) is 0. The zero-order valence-electron chi connectivity index (χ0n) is 13.5. The van der Waals surface area contributed by atoms with Gasteiger partial charge in [-0.25, -0.2) is 0 Å². The molecule has 0 spiro atoms. The lowest BCUT2D eigenvalue weighted by atomic mass is 10.0. The molecule has 1 N–H and O–H groups in total. The number of nitrogens with one attached hydrogen (secondary N) is 1. The number of piperazine rings is 1. The molecule has 0 aromatic heterocycles. The molecule has 0 saturated carbocycles. The monoisotopic (exact) mass is 315 g/mol. The maximum atomic E-state index is 12.4. The zero-order valence-corrected chi connectivity index (χ0v) is 13.5. The van der Waals surface area contributed by atoms with E-state index in [0.29, 0.717) is 38.5 Å². The van der Waals surface area contributed by atoms with E-state index in [1.807, 2.05) is 40.1 Å². The third kappa shape index (κ3) is 4.10. The van der Waals surface area contributed by atoms with Gasteiger partial charge in [0.2, 0.25) is 5.91 Å². The third-order valence-electron chi connectivity index (χ3n) is 4.87. The first kappa shape index (κ1) is 16.0. The van der Waals surface area contributed by atoms with Gasteiger partial charge in [-0.15, -0.1) is 0 Å². The van der Waals surface area contributed by atoms with E-state index in [1.165, 1.54) is 6.42 Å². The fourth-order valence-corrected chi connectivity index (χ4v) is 3.37. The van der Waals surface area contributed by atoms with Gasteiger partial charge in [-0.3, -0.25) is 9.59 Å². The van der Waals surface area contributed by atoms with Crippen LogP contribution in [0.25, 0.3) is 0 Å². The van der Waals surface area contributed by atoms with E-state index in [9.17, 15) is 9.59 Å². The van der Waals surface area contributed by atoms with Crippen LogP contribution in [0.3, 0.4) is 0 Å². The van der Waals surface area contributed by atoms with Crippen LogP contribution in [-0.2, 0) is 4.79 Å². The highest BCUT2D eigenvalue weighted by Gasteiger charge is 2.25. The lowest BCUT2D eigenvalue weighted by Gasteiger charge is -2.35. The van der Waals surface area contributed by atoms with Crippen LogP contribution >= 0.6 is 0 Å². The number of hydrogen-bond acceptors (Lipinski definition) is 3. The Morgan fingerprint density at radius 2 is 1.74 bits per heavy atom. The van der Waals surface area contributed by atoms with Gasteiger partial charge in [0.25, 0.3) is 5.91 Å². The second-order valence-electron chi connectivity index (χ2n) is 6.44. The van der Waals surface area contributed by atoms with Crippen LogP contribution in [0.2, 0.25) is 0 Å². The van der Waals surface area contributed by atoms with Crippen LogP contribution in [0, 0.1) is 5.92 Å². The van der Waals surface area contributed by atoms with Crippen molar-refractivity contribution in [2.45, 2.75) is 19.3 Å². The second-order valence-corrected chi connectivity index (χ2v) is 6.44. The molecule has 1 unspecified atom stereocenters. The SMILES string of the molecule is O=C(CCC1CCNC1)N1CCN(C(=O)c2ccccc2)CC1. The van der Waals surface area contributed by atoms with E-state index in [1.54, 1.807) is 0 Å². The van der Waals surface area contributed by atoms with E-state index in [0.717, 1.165) is 25.1 Å². The number of hydrogen-bond donors (Lipinski definition) is 1.